The van der Waals surface area contributed by atoms with E-state index in [0.29, 0.717) is 16.5 Å². The molecule has 7 heteroatoms. The molecular formula is C20H27NO5S. The van der Waals surface area contributed by atoms with Crippen LogP contribution in [0.5, 0.6) is 0 Å². The zero-order chi connectivity index (χ0) is 20.2. The first-order chi connectivity index (χ1) is 12.7. The van der Waals surface area contributed by atoms with Crippen LogP contribution in [-0.4, -0.2) is 29.6 Å². The highest BCUT2D eigenvalue weighted by Crippen LogP contribution is 2.45. The second-order valence-electron chi connectivity index (χ2n) is 7.37. The van der Waals surface area contributed by atoms with Crippen LogP contribution in [0.2, 0.25) is 0 Å². The summed E-state index contributed by atoms with van der Waals surface area (Å²) in [7, 11) is 0. The van der Waals surface area contributed by atoms with Crippen molar-refractivity contribution in [3.63, 3.8) is 0 Å². The second-order valence-corrected chi connectivity index (χ2v) is 8.48. The van der Waals surface area contributed by atoms with Crippen LogP contribution < -0.4 is 5.32 Å². The Kier molecular flexibility index (Phi) is 6.81. The summed E-state index contributed by atoms with van der Waals surface area (Å²) in [6.07, 6.45) is 5.42. The summed E-state index contributed by atoms with van der Waals surface area (Å²) >= 11 is 1.39. The van der Waals surface area contributed by atoms with E-state index in [0.717, 1.165) is 48.3 Å². The molecule has 0 aromatic carbocycles. The molecule has 6 nitrogen and oxygen atoms in total. The van der Waals surface area contributed by atoms with Gasteiger partial charge in [0.2, 0.25) is 5.91 Å². The van der Waals surface area contributed by atoms with Gasteiger partial charge in [-0.05, 0) is 43.1 Å². The van der Waals surface area contributed by atoms with E-state index in [-0.39, 0.29) is 12.0 Å². The number of anilines is 1. The van der Waals surface area contributed by atoms with Gasteiger partial charge in [0.15, 0.2) is 0 Å². The molecule has 0 bridgehead atoms. The number of thiophene rings is 1. The minimum absolute atomic E-state index is 0.208. The highest BCUT2D eigenvalue weighted by atomic mass is 32.1. The number of carboxylic acid groups (broad SMARTS) is 1. The van der Waals surface area contributed by atoms with Crippen LogP contribution in [0, 0.1) is 11.3 Å². The molecule has 27 heavy (non-hydrogen) atoms. The maximum absolute atomic E-state index is 12.5. The van der Waals surface area contributed by atoms with E-state index in [1.165, 1.54) is 11.3 Å². The minimum atomic E-state index is -1.20. The molecule has 1 aliphatic rings. The molecule has 0 fully saturated rings. The zero-order valence-corrected chi connectivity index (χ0v) is 17.1. The molecule has 2 rings (SSSR count). The van der Waals surface area contributed by atoms with E-state index in [1.54, 1.807) is 6.92 Å². The number of hydrogen-bond acceptors (Lipinski definition) is 5. The highest BCUT2D eigenvalue weighted by Gasteiger charge is 2.35. The predicted octanol–water partition coefficient (Wildman–Crippen LogP) is 4.05. The molecular weight excluding hydrogens is 366 g/mol. The quantitative estimate of drug-likeness (QED) is 0.539. The van der Waals surface area contributed by atoms with E-state index >= 15 is 0 Å². The zero-order valence-electron chi connectivity index (χ0n) is 16.3. The van der Waals surface area contributed by atoms with Crippen molar-refractivity contribution in [2.75, 3.05) is 11.9 Å². The van der Waals surface area contributed by atoms with Gasteiger partial charge in [0.1, 0.15) is 5.00 Å². The number of hydrogen-bond donors (Lipinski definition) is 2. The summed E-state index contributed by atoms with van der Waals surface area (Å²) in [5, 5.41) is 11.8. The van der Waals surface area contributed by atoms with E-state index in [4.69, 9.17) is 9.84 Å². The highest BCUT2D eigenvalue weighted by molar-refractivity contribution is 7.17. The summed E-state index contributed by atoms with van der Waals surface area (Å²) in [5.74, 6) is -1.71. The lowest BCUT2D eigenvalue weighted by Gasteiger charge is -2.36. The average Bonchev–Trinajstić information content (AvgIpc) is 2.97. The van der Waals surface area contributed by atoms with Crippen LogP contribution in [0.1, 0.15) is 61.3 Å². The molecule has 2 N–H and O–H groups in total. The fourth-order valence-corrected chi connectivity index (χ4v) is 4.67. The SMILES string of the molecule is CCOC(=O)c1c(NC(=O)/C=C/C(=O)O)sc2c1CCC(C(C)(C)CC)C2. The molecule has 1 amide bonds. The Hall–Kier alpha value is -2.15. The van der Waals surface area contributed by atoms with Crippen molar-refractivity contribution in [1.29, 1.82) is 0 Å². The molecule has 0 aliphatic heterocycles. The van der Waals surface area contributed by atoms with Crippen molar-refractivity contribution in [3.8, 4) is 0 Å². The first kappa shape index (κ1) is 21.2. The van der Waals surface area contributed by atoms with Gasteiger partial charge in [-0.3, -0.25) is 4.79 Å². The number of carbonyl (C=O) groups is 3. The van der Waals surface area contributed by atoms with Crippen molar-refractivity contribution in [2.45, 2.75) is 53.4 Å². The summed E-state index contributed by atoms with van der Waals surface area (Å²) in [6, 6.07) is 0. The Bertz CT molecular complexity index is 763. The average molecular weight is 394 g/mol. The standard InChI is InChI=1S/C20H27NO5S/c1-5-20(3,4)12-7-8-13-14(11-12)27-18(17(13)19(25)26-6-2)21-15(22)9-10-16(23)24/h9-10,12H,5-8,11H2,1-4H3,(H,21,22)(H,23,24)/b10-9+. The van der Waals surface area contributed by atoms with Gasteiger partial charge in [0.25, 0.3) is 0 Å². The molecule has 0 saturated carbocycles. The van der Waals surface area contributed by atoms with Gasteiger partial charge >= 0.3 is 11.9 Å². The van der Waals surface area contributed by atoms with E-state index in [2.05, 4.69) is 26.1 Å². The van der Waals surface area contributed by atoms with Crippen molar-refractivity contribution in [2.24, 2.45) is 11.3 Å². The van der Waals surface area contributed by atoms with Crippen LogP contribution in [0.4, 0.5) is 5.00 Å². The molecule has 0 saturated heterocycles. The smallest absolute Gasteiger partial charge is 0.341 e. The molecule has 1 aliphatic carbocycles. The molecule has 0 spiro atoms. The number of esters is 1. The maximum atomic E-state index is 12.5. The lowest BCUT2D eigenvalue weighted by atomic mass is 9.69. The van der Waals surface area contributed by atoms with Crippen LogP contribution in [0.25, 0.3) is 0 Å². The summed E-state index contributed by atoms with van der Waals surface area (Å²) < 4.78 is 5.19. The number of carboxylic acids is 1. The minimum Gasteiger partial charge on any atom is -0.478 e. The van der Waals surface area contributed by atoms with Crippen LogP contribution in [0.3, 0.4) is 0 Å². The molecule has 1 aromatic rings. The first-order valence-electron chi connectivity index (χ1n) is 9.23. The number of nitrogens with one attached hydrogen (secondary N) is 1. The number of amides is 1. The third-order valence-corrected chi connectivity index (χ3v) is 6.55. The molecule has 1 unspecified atom stereocenters. The first-order valence-corrected chi connectivity index (χ1v) is 10.0. The predicted molar refractivity (Wildman–Crippen MR) is 105 cm³/mol. The van der Waals surface area contributed by atoms with E-state index in [1.807, 2.05) is 0 Å². The Morgan fingerprint density at radius 2 is 2.00 bits per heavy atom. The number of fused-ring (bicyclic) bond motifs is 1. The number of aliphatic carboxylic acids is 1. The van der Waals surface area contributed by atoms with Crippen LogP contribution >= 0.6 is 11.3 Å². The Balaban J connectivity index is 2.35. The normalized spacial score (nSPS) is 16.8. The third kappa shape index (κ3) is 4.97. The molecule has 1 atom stereocenters. The number of rotatable bonds is 7. The third-order valence-electron chi connectivity index (χ3n) is 5.38. The maximum Gasteiger partial charge on any atom is 0.341 e. The molecule has 1 heterocycles. The van der Waals surface area contributed by atoms with Gasteiger partial charge in [0, 0.05) is 17.0 Å². The number of carbonyl (C=O) groups excluding carboxylic acids is 2. The Morgan fingerprint density at radius 3 is 2.59 bits per heavy atom. The molecule has 148 valence electrons. The summed E-state index contributed by atoms with van der Waals surface area (Å²) in [6.45, 7) is 8.71. The Labute approximate surface area is 163 Å². The second kappa shape index (κ2) is 8.69. The van der Waals surface area contributed by atoms with Gasteiger partial charge in [0.05, 0.1) is 12.2 Å². The van der Waals surface area contributed by atoms with Gasteiger partial charge < -0.3 is 15.2 Å². The van der Waals surface area contributed by atoms with Gasteiger partial charge in [-0.15, -0.1) is 11.3 Å². The van der Waals surface area contributed by atoms with Crippen molar-refractivity contribution < 1.29 is 24.2 Å². The molecule has 1 aromatic heterocycles. The van der Waals surface area contributed by atoms with Gasteiger partial charge in [-0.2, -0.15) is 0 Å². The fourth-order valence-electron chi connectivity index (χ4n) is 3.35. The van der Waals surface area contributed by atoms with Gasteiger partial charge in [-0.1, -0.05) is 27.2 Å². The monoisotopic (exact) mass is 393 g/mol. The topological polar surface area (TPSA) is 92.7 Å². The van der Waals surface area contributed by atoms with Crippen molar-refractivity contribution >= 4 is 34.2 Å². The largest absolute Gasteiger partial charge is 0.478 e. The number of ether oxygens (including phenoxy) is 1. The summed E-state index contributed by atoms with van der Waals surface area (Å²) in [5.41, 5.74) is 1.58. The van der Waals surface area contributed by atoms with Gasteiger partial charge in [-0.25, -0.2) is 9.59 Å². The lowest BCUT2D eigenvalue weighted by Crippen LogP contribution is -2.28. The van der Waals surface area contributed by atoms with Crippen molar-refractivity contribution in [3.05, 3.63) is 28.2 Å². The Morgan fingerprint density at radius 1 is 1.30 bits per heavy atom. The van der Waals surface area contributed by atoms with Crippen LogP contribution in [-0.2, 0) is 27.2 Å². The summed E-state index contributed by atoms with van der Waals surface area (Å²) in [4.78, 5) is 36.2. The fraction of sp³-hybridized carbons (Fsp3) is 0.550. The van der Waals surface area contributed by atoms with Crippen molar-refractivity contribution in [1.82, 2.24) is 0 Å². The lowest BCUT2D eigenvalue weighted by molar-refractivity contribution is -0.131. The van der Waals surface area contributed by atoms with E-state index in [9.17, 15) is 14.4 Å². The van der Waals surface area contributed by atoms with Crippen LogP contribution in [0.15, 0.2) is 12.2 Å². The molecule has 0 radical (unpaired) electrons. The van der Waals surface area contributed by atoms with E-state index < -0.39 is 17.8 Å².